The van der Waals surface area contributed by atoms with Crippen LogP contribution in [-0.2, 0) is 16.1 Å². The Hall–Kier alpha value is -1.96. The Bertz CT molecular complexity index is 472. The zero-order valence-electron chi connectivity index (χ0n) is 12.0. The quantitative estimate of drug-likeness (QED) is 0.401. The van der Waals surface area contributed by atoms with Gasteiger partial charge in [0.15, 0.2) is 5.82 Å². The number of methoxy groups -OCH3 is 1. The maximum atomic E-state index is 11.0. The van der Waals surface area contributed by atoms with E-state index in [-0.39, 0.29) is 11.8 Å². The highest BCUT2D eigenvalue weighted by molar-refractivity contribution is 5.69. The lowest BCUT2D eigenvalue weighted by atomic mass is 10.3. The summed E-state index contributed by atoms with van der Waals surface area (Å²) in [6.07, 6.45) is 2.35. The highest BCUT2D eigenvalue weighted by Crippen LogP contribution is 2.13. The molecule has 0 N–H and O–H groups in total. The van der Waals surface area contributed by atoms with Crippen molar-refractivity contribution in [1.82, 2.24) is 14.5 Å². The average molecular weight is 284 g/mol. The van der Waals surface area contributed by atoms with Crippen LogP contribution in [0.1, 0.15) is 18.7 Å². The molecule has 0 saturated carbocycles. The Morgan fingerprint density at radius 1 is 1.55 bits per heavy atom. The third-order valence-corrected chi connectivity index (χ3v) is 3.07. The number of nitro groups is 1. The van der Waals surface area contributed by atoms with Gasteiger partial charge in [-0.05, 0) is 24.9 Å². The first-order valence-corrected chi connectivity index (χ1v) is 6.37. The molecule has 0 amide bonds. The molecular weight excluding hydrogens is 264 g/mol. The number of rotatable bonds is 8. The van der Waals surface area contributed by atoms with Crippen LogP contribution in [0.2, 0.25) is 0 Å². The maximum Gasteiger partial charge on any atom is 0.342 e. The van der Waals surface area contributed by atoms with E-state index in [0.29, 0.717) is 31.8 Å². The summed E-state index contributed by atoms with van der Waals surface area (Å²) in [5, 5.41) is 10.8. The molecule has 0 spiro atoms. The summed E-state index contributed by atoms with van der Waals surface area (Å²) in [5.41, 5.74) is 0. The van der Waals surface area contributed by atoms with Gasteiger partial charge in [-0.1, -0.05) is 0 Å². The van der Waals surface area contributed by atoms with Gasteiger partial charge in [0.1, 0.15) is 12.7 Å². The van der Waals surface area contributed by atoms with E-state index in [1.807, 2.05) is 11.9 Å². The summed E-state index contributed by atoms with van der Waals surface area (Å²) < 4.78 is 6.14. The van der Waals surface area contributed by atoms with Crippen molar-refractivity contribution in [2.45, 2.75) is 26.3 Å². The molecule has 0 aliphatic carbocycles. The van der Waals surface area contributed by atoms with E-state index in [4.69, 9.17) is 0 Å². The highest BCUT2D eigenvalue weighted by Gasteiger charge is 2.17. The molecular formula is C12H20N4O4. The van der Waals surface area contributed by atoms with Crippen molar-refractivity contribution >= 4 is 11.8 Å². The van der Waals surface area contributed by atoms with Crippen LogP contribution in [0.5, 0.6) is 0 Å². The second kappa shape index (κ2) is 7.59. The lowest BCUT2D eigenvalue weighted by molar-refractivity contribution is -0.392. The van der Waals surface area contributed by atoms with Crippen LogP contribution in [0.4, 0.5) is 5.82 Å². The molecule has 0 aliphatic rings. The molecule has 1 aromatic heterocycles. The SMILES string of the molecule is COC(=O)CCCN(C)CCn1c([N+](=O)[O-])cnc1C. The first-order valence-electron chi connectivity index (χ1n) is 6.37. The largest absolute Gasteiger partial charge is 0.469 e. The molecule has 112 valence electrons. The van der Waals surface area contributed by atoms with Crippen molar-refractivity contribution in [3.8, 4) is 0 Å². The predicted octanol–water partition coefficient (Wildman–Crippen LogP) is 0.985. The van der Waals surface area contributed by atoms with Gasteiger partial charge in [0.25, 0.3) is 0 Å². The topological polar surface area (TPSA) is 90.5 Å². The van der Waals surface area contributed by atoms with Gasteiger partial charge in [-0.3, -0.25) is 4.79 Å². The number of carbonyl (C=O) groups is 1. The summed E-state index contributed by atoms with van der Waals surface area (Å²) in [5.74, 6) is 0.407. The molecule has 1 aromatic rings. The summed E-state index contributed by atoms with van der Waals surface area (Å²) >= 11 is 0. The fourth-order valence-electron chi connectivity index (χ4n) is 1.86. The Morgan fingerprint density at radius 3 is 2.85 bits per heavy atom. The molecule has 8 heteroatoms. The molecule has 1 heterocycles. The molecule has 0 atom stereocenters. The molecule has 0 aliphatic heterocycles. The summed E-state index contributed by atoms with van der Waals surface area (Å²) in [4.78, 5) is 27.4. The fourth-order valence-corrected chi connectivity index (χ4v) is 1.86. The Labute approximate surface area is 117 Å². The number of carbonyl (C=O) groups excluding carboxylic acids is 1. The van der Waals surface area contributed by atoms with Gasteiger partial charge in [-0.2, -0.15) is 0 Å². The predicted molar refractivity (Wildman–Crippen MR) is 72.4 cm³/mol. The normalized spacial score (nSPS) is 10.8. The fraction of sp³-hybridized carbons (Fsp3) is 0.667. The van der Waals surface area contributed by atoms with E-state index < -0.39 is 4.92 Å². The van der Waals surface area contributed by atoms with Crippen molar-refractivity contribution in [2.24, 2.45) is 0 Å². The minimum absolute atomic E-state index is 0.00506. The monoisotopic (exact) mass is 284 g/mol. The van der Waals surface area contributed by atoms with Gasteiger partial charge < -0.3 is 19.8 Å². The van der Waals surface area contributed by atoms with Gasteiger partial charge in [0.2, 0.25) is 0 Å². The Morgan fingerprint density at radius 2 is 2.25 bits per heavy atom. The molecule has 1 rings (SSSR count). The number of aromatic nitrogens is 2. The molecule has 0 unspecified atom stereocenters. The number of hydrogen-bond acceptors (Lipinski definition) is 6. The molecule has 8 nitrogen and oxygen atoms in total. The van der Waals surface area contributed by atoms with Crippen LogP contribution in [0.15, 0.2) is 6.20 Å². The minimum atomic E-state index is -0.433. The summed E-state index contributed by atoms with van der Waals surface area (Å²) in [6.45, 7) is 3.62. The number of esters is 1. The molecule has 0 radical (unpaired) electrons. The van der Waals surface area contributed by atoms with Crippen molar-refractivity contribution in [1.29, 1.82) is 0 Å². The van der Waals surface area contributed by atoms with E-state index in [1.54, 1.807) is 11.5 Å². The number of aryl methyl sites for hydroxylation is 1. The standard InChI is InChI=1S/C12H20N4O4/c1-10-13-9-11(16(18)19)15(10)8-7-14(2)6-4-5-12(17)20-3/h9H,4-8H2,1-3H3. The smallest absolute Gasteiger partial charge is 0.342 e. The molecule has 0 saturated heterocycles. The summed E-state index contributed by atoms with van der Waals surface area (Å²) in [6, 6.07) is 0. The van der Waals surface area contributed by atoms with Crippen molar-refractivity contribution in [3.05, 3.63) is 22.1 Å². The number of imidazole rings is 1. The van der Waals surface area contributed by atoms with E-state index in [0.717, 1.165) is 6.54 Å². The van der Waals surface area contributed by atoms with E-state index in [9.17, 15) is 14.9 Å². The van der Waals surface area contributed by atoms with Gasteiger partial charge in [-0.15, -0.1) is 0 Å². The number of nitrogens with zero attached hydrogens (tertiary/aromatic N) is 4. The van der Waals surface area contributed by atoms with Crippen molar-refractivity contribution in [3.63, 3.8) is 0 Å². The average Bonchev–Trinajstić information content (AvgIpc) is 2.77. The number of likely N-dealkylation sites (N-methyl/N-ethyl adjacent to an activating group) is 1. The third kappa shape index (κ3) is 4.61. The second-order valence-electron chi connectivity index (χ2n) is 4.56. The van der Waals surface area contributed by atoms with E-state index >= 15 is 0 Å². The molecule has 0 fully saturated rings. The summed E-state index contributed by atoms with van der Waals surface area (Å²) in [7, 11) is 3.28. The van der Waals surface area contributed by atoms with Crippen LogP contribution < -0.4 is 0 Å². The molecule has 0 bridgehead atoms. The molecule has 20 heavy (non-hydrogen) atoms. The second-order valence-corrected chi connectivity index (χ2v) is 4.56. The van der Waals surface area contributed by atoms with Crippen LogP contribution in [0.3, 0.4) is 0 Å². The Kier molecular flexibility index (Phi) is 6.10. The molecule has 0 aromatic carbocycles. The lowest BCUT2D eigenvalue weighted by Crippen LogP contribution is -2.25. The van der Waals surface area contributed by atoms with Crippen LogP contribution in [0.25, 0.3) is 0 Å². The number of hydrogen-bond donors (Lipinski definition) is 0. The first-order chi connectivity index (χ1) is 9.45. The van der Waals surface area contributed by atoms with Gasteiger partial charge in [0.05, 0.1) is 7.11 Å². The van der Waals surface area contributed by atoms with E-state index in [1.165, 1.54) is 13.3 Å². The van der Waals surface area contributed by atoms with Crippen molar-refractivity contribution < 1.29 is 14.5 Å². The van der Waals surface area contributed by atoms with Gasteiger partial charge >= 0.3 is 11.8 Å². The Balaban J connectivity index is 2.41. The van der Waals surface area contributed by atoms with Crippen LogP contribution >= 0.6 is 0 Å². The van der Waals surface area contributed by atoms with Crippen LogP contribution in [-0.4, -0.2) is 52.6 Å². The van der Waals surface area contributed by atoms with Gasteiger partial charge in [0, 0.05) is 19.9 Å². The van der Waals surface area contributed by atoms with Crippen LogP contribution in [0, 0.1) is 17.0 Å². The number of ether oxygens (including phenoxy) is 1. The first kappa shape index (κ1) is 16.1. The lowest BCUT2D eigenvalue weighted by Gasteiger charge is -2.15. The zero-order chi connectivity index (χ0) is 15.1. The van der Waals surface area contributed by atoms with Crippen molar-refractivity contribution in [2.75, 3.05) is 27.2 Å². The van der Waals surface area contributed by atoms with Gasteiger partial charge in [-0.25, -0.2) is 9.55 Å². The highest BCUT2D eigenvalue weighted by atomic mass is 16.6. The maximum absolute atomic E-state index is 11.0. The zero-order valence-corrected chi connectivity index (χ0v) is 12.0. The van der Waals surface area contributed by atoms with E-state index in [2.05, 4.69) is 9.72 Å². The minimum Gasteiger partial charge on any atom is -0.469 e. The third-order valence-electron chi connectivity index (χ3n) is 3.07.